The summed E-state index contributed by atoms with van der Waals surface area (Å²) >= 11 is 7.38. The van der Waals surface area contributed by atoms with Gasteiger partial charge < -0.3 is 5.32 Å². The molecule has 6 nitrogen and oxygen atoms in total. The number of amides is 1. The number of pyridine rings is 1. The molecule has 1 amide bonds. The van der Waals surface area contributed by atoms with Crippen molar-refractivity contribution in [3.8, 4) is 11.3 Å². The second kappa shape index (κ2) is 8.62. The Labute approximate surface area is 166 Å². The fourth-order valence-corrected chi connectivity index (χ4v) is 4.30. The molecule has 2 aromatic heterocycles. The zero-order chi connectivity index (χ0) is 19.3. The maximum Gasteiger partial charge on any atom is 0.241 e. The largest absolute Gasteiger partial charge is 0.351 e. The number of halogens is 1. The first-order valence-corrected chi connectivity index (χ1v) is 10.7. The van der Waals surface area contributed by atoms with Crippen molar-refractivity contribution in [3.63, 3.8) is 0 Å². The molecule has 0 saturated heterocycles. The number of sulfonamides is 1. The zero-order valence-corrected chi connectivity index (χ0v) is 16.4. The lowest BCUT2D eigenvalue weighted by atomic mass is 10.1. The fraction of sp³-hybridized carbons (Fsp3) is 0.111. The Bertz CT molecular complexity index is 1040. The van der Waals surface area contributed by atoms with Crippen LogP contribution < -0.4 is 10.0 Å². The monoisotopic (exact) mass is 421 g/mol. The van der Waals surface area contributed by atoms with E-state index in [2.05, 4.69) is 15.0 Å². The molecule has 2 N–H and O–H groups in total. The topological polar surface area (TPSA) is 88.2 Å². The molecule has 3 rings (SSSR count). The van der Waals surface area contributed by atoms with Gasteiger partial charge in [-0.15, -0.1) is 0 Å². The number of hydrogen-bond acceptors (Lipinski definition) is 5. The summed E-state index contributed by atoms with van der Waals surface area (Å²) in [5, 5.41) is 6.95. The first-order valence-electron chi connectivity index (χ1n) is 7.94. The van der Waals surface area contributed by atoms with E-state index in [1.165, 1.54) is 18.2 Å². The molecule has 0 bridgehead atoms. The third kappa shape index (κ3) is 5.14. The summed E-state index contributed by atoms with van der Waals surface area (Å²) in [6.45, 7) is -0.125. The lowest BCUT2D eigenvalue weighted by molar-refractivity contribution is -0.120. The predicted octanol–water partition coefficient (Wildman–Crippen LogP) is 3.06. The number of carbonyl (C=O) groups is 1. The van der Waals surface area contributed by atoms with Gasteiger partial charge in [0.15, 0.2) is 0 Å². The molecule has 0 aliphatic rings. The molecule has 0 aliphatic heterocycles. The summed E-state index contributed by atoms with van der Waals surface area (Å²) in [4.78, 5) is 16.4. The maximum absolute atomic E-state index is 12.2. The number of aromatic nitrogens is 1. The van der Waals surface area contributed by atoms with Crippen LogP contribution in [0.4, 0.5) is 0 Å². The maximum atomic E-state index is 12.2. The molecule has 0 spiro atoms. The van der Waals surface area contributed by atoms with Gasteiger partial charge in [0.25, 0.3) is 0 Å². The van der Waals surface area contributed by atoms with E-state index in [9.17, 15) is 13.2 Å². The van der Waals surface area contributed by atoms with E-state index in [0.29, 0.717) is 5.02 Å². The molecule has 0 fully saturated rings. The SMILES string of the molecule is O=C(CNS(=O)(=O)c1cccc(Cl)c1)NCc1cccnc1-c1ccsc1. The summed E-state index contributed by atoms with van der Waals surface area (Å²) < 4.78 is 26.7. The number of carbonyl (C=O) groups excluding carboxylic acids is 1. The summed E-state index contributed by atoms with van der Waals surface area (Å²) in [6, 6.07) is 11.5. The lowest BCUT2D eigenvalue weighted by Crippen LogP contribution is -2.36. The van der Waals surface area contributed by atoms with Gasteiger partial charge in [-0.05, 0) is 41.3 Å². The standard InChI is InChI=1S/C18H16ClN3O3S2/c19-15-4-1-5-16(9-15)27(24,25)22-11-17(23)21-10-13-3-2-7-20-18(13)14-6-8-26-12-14/h1-9,12,22H,10-11H2,(H,21,23). The number of thiophene rings is 1. The molecule has 0 radical (unpaired) electrons. The minimum atomic E-state index is -3.81. The van der Waals surface area contributed by atoms with Crippen LogP contribution in [0.5, 0.6) is 0 Å². The van der Waals surface area contributed by atoms with Gasteiger partial charge in [0.05, 0.1) is 17.1 Å². The van der Waals surface area contributed by atoms with Crippen LogP contribution >= 0.6 is 22.9 Å². The second-order valence-corrected chi connectivity index (χ2v) is 8.57. The molecule has 0 saturated carbocycles. The third-order valence-electron chi connectivity index (χ3n) is 3.69. The molecule has 9 heteroatoms. The van der Waals surface area contributed by atoms with Crippen molar-refractivity contribution in [3.05, 3.63) is 70.0 Å². The smallest absolute Gasteiger partial charge is 0.241 e. The minimum absolute atomic E-state index is 0.00908. The van der Waals surface area contributed by atoms with E-state index >= 15 is 0 Å². The summed E-state index contributed by atoms with van der Waals surface area (Å²) in [7, 11) is -3.81. The van der Waals surface area contributed by atoms with Crippen LogP contribution in [0.15, 0.2) is 64.3 Å². The molecule has 2 heterocycles. The van der Waals surface area contributed by atoms with Gasteiger partial charge in [-0.3, -0.25) is 9.78 Å². The Morgan fingerprint density at radius 1 is 1.19 bits per heavy atom. The highest BCUT2D eigenvalue weighted by atomic mass is 35.5. The molecule has 0 aliphatic carbocycles. The first-order chi connectivity index (χ1) is 13.0. The van der Waals surface area contributed by atoms with Crippen molar-refractivity contribution < 1.29 is 13.2 Å². The van der Waals surface area contributed by atoms with Crippen molar-refractivity contribution in [2.45, 2.75) is 11.4 Å². The van der Waals surface area contributed by atoms with Gasteiger partial charge in [-0.2, -0.15) is 11.3 Å². The Hall–Kier alpha value is -2.26. The molecule has 1 aromatic carbocycles. The average Bonchev–Trinajstić information content (AvgIpc) is 3.19. The van der Waals surface area contributed by atoms with E-state index in [4.69, 9.17) is 11.6 Å². The highest BCUT2D eigenvalue weighted by molar-refractivity contribution is 7.89. The number of rotatable bonds is 7. The number of hydrogen-bond donors (Lipinski definition) is 2. The van der Waals surface area contributed by atoms with Crippen LogP contribution in [0.3, 0.4) is 0 Å². The van der Waals surface area contributed by atoms with Crippen molar-refractivity contribution >= 4 is 38.9 Å². The van der Waals surface area contributed by atoms with Crippen molar-refractivity contribution in [1.82, 2.24) is 15.0 Å². The van der Waals surface area contributed by atoms with Gasteiger partial charge in [-0.1, -0.05) is 23.7 Å². The van der Waals surface area contributed by atoms with Crippen LogP contribution in [-0.4, -0.2) is 25.9 Å². The normalized spacial score (nSPS) is 11.3. The Kier molecular flexibility index (Phi) is 6.22. The van der Waals surface area contributed by atoms with E-state index in [1.54, 1.807) is 29.7 Å². The lowest BCUT2D eigenvalue weighted by Gasteiger charge is -2.10. The molecule has 3 aromatic rings. The number of nitrogens with one attached hydrogen (secondary N) is 2. The molecular weight excluding hydrogens is 406 g/mol. The van der Waals surface area contributed by atoms with Crippen LogP contribution in [-0.2, 0) is 21.4 Å². The van der Waals surface area contributed by atoms with E-state index in [1.807, 2.05) is 22.9 Å². The Morgan fingerprint density at radius 2 is 2.04 bits per heavy atom. The molecule has 27 heavy (non-hydrogen) atoms. The zero-order valence-electron chi connectivity index (χ0n) is 14.1. The van der Waals surface area contributed by atoms with E-state index in [0.717, 1.165) is 16.8 Å². The van der Waals surface area contributed by atoms with Crippen LogP contribution in [0.2, 0.25) is 5.02 Å². The molecule has 140 valence electrons. The predicted molar refractivity (Wildman–Crippen MR) is 106 cm³/mol. The van der Waals surface area contributed by atoms with Crippen molar-refractivity contribution in [2.24, 2.45) is 0 Å². The number of benzene rings is 1. The van der Waals surface area contributed by atoms with Crippen LogP contribution in [0.1, 0.15) is 5.56 Å². The first kappa shape index (κ1) is 19.5. The quantitative estimate of drug-likeness (QED) is 0.613. The van der Waals surface area contributed by atoms with E-state index < -0.39 is 15.9 Å². The fourth-order valence-electron chi connectivity index (χ4n) is 2.37. The molecule has 0 unspecified atom stereocenters. The van der Waals surface area contributed by atoms with Gasteiger partial charge in [0.2, 0.25) is 15.9 Å². The van der Waals surface area contributed by atoms with Gasteiger partial charge >= 0.3 is 0 Å². The van der Waals surface area contributed by atoms with Crippen LogP contribution in [0.25, 0.3) is 11.3 Å². The second-order valence-electron chi connectivity index (χ2n) is 5.58. The van der Waals surface area contributed by atoms with Crippen molar-refractivity contribution in [2.75, 3.05) is 6.54 Å². The van der Waals surface area contributed by atoms with Crippen LogP contribution in [0, 0.1) is 0 Å². The van der Waals surface area contributed by atoms with Crippen molar-refractivity contribution in [1.29, 1.82) is 0 Å². The average molecular weight is 422 g/mol. The van der Waals surface area contributed by atoms with Gasteiger partial charge in [0, 0.05) is 28.7 Å². The molecular formula is C18H16ClN3O3S2. The van der Waals surface area contributed by atoms with Gasteiger partial charge in [0.1, 0.15) is 0 Å². The van der Waals surface area contributed by atoms with E-state index in [-0.39, 0.29) is 18.0 Å². The van der Waals surface area contributed by atoms with Gasteiger partial charge in [-0.25, -0.2) is 13.1 Å². The molecule has 0 atom stereocenters. The summed E-state index contributed by atoms with van der Waals surface area (Å²) in [5.41, 5.74) is 2.62. The highest BCUT2D eigenvalue weighted by Gasteiger charge is 2.16. The number of nitrogens with zero attached hydrogens (tertiary/aromatic N) is 1. The highest BCUT2D eigenvalue weighted by Crippen LogP contribution is 2.23. The summed E-state index contributed by atoms with van der Waals surface area (Å²) in [6.07, 6.45) is 1.69. The Balaban J connectivity index is 1.60. The Morgan fingerprint density at radius 3 is 2.78 bits per heavy atom. The third-order valence-corrected chi connectivity index (χ3v) is 6.01. The minimum Gasteiger partial charge on any atom is -0.351 e. The summed E-state index contributed by atoms with van der Waals surface area (Å²) in [5.74, 6) is -0.444.